The molecule has 1 N–H and O–H groups in total. The van der Waals surface area contributed by atoms with E-state index in [1.807, 2.05) is 42.5 Å². The predicted octanol–water partition coefficient (Wildman–Crippen LogP) is 3.51. The molecule has 5 heteroatoms. The van der Waals surface area contributed by atoms with Gasteiger partial charge in [0.2, 0.25) is 5.43 Å². The number of nitrogens with zero attached hydrogens (tertiary/aromatic N) is 1. The number of carbonyl (C=O) groups is 1. The topological polar surface area (TPSA) is 59.3 Å². The molecule has 22 heavy (non-hydrogen) atoms. The Morgan fingerprint density at radius 2 is 1.86 bits per heavy atom. The highest BCUT2D eigenvalue weighted by molar-refractivity contribution is 9.10. The van der Waals surface area contributed by atoms with Gasteiger partial charge in [0.15, 0.2) is 0 Å². The Kier molecular flexibility index (Phi) is 3.81. The van der Waals surface area contributed by atoms with Crippen molar-refractivity contribution in [2.24, 2.45) is 0 Å². The Bertz CT molecular complexity index is 916. The maximum atomic E-state index is 12.3. The van der Waals surface area contributed by atoms with Gasteiger partial charge in [-0.1, -0.05) is 46.3 Å². The second-order valence-electron chi connectivity index (χ2n) is 4.95. The molecule has 0 aliphatic carbocycles. The third kappa shape index (κ3) is 2.67. The van der Waals surface area contributed by atoms with Crippen LogP contribution in [-0.2, 0) is 6.54 Å². The normalized spacial score (nSPS) is 10.8. The van der Waals surface area contributed by atoms with Crippen molar-refractivity contribution in [2.45, 2.75) is 6.54 Å². The van der Waals surface area contributed by atoms with Gasteiger partial charge in [-0.2, -0.15) is 0 Å². The van der Waals surface area contributed by atoms with E-state index in [4.69, 9.17) is 0 Å². The van der Waals surface area contributed by atoms with Gasteiger partial charge in [-0.05, 0) is 23.8 Å². The van der Waals surface area contributed by atoms with Crippen molar-refractivity contribution in [1.82, 2.24) is 4.57 Å². The number of carboxylic acid groups (broad SMARTS) is 1. The maximum Gasteiger partial charge on any atom is 0.341 e. The van der Waals surface area contributed by atoms with Crippen LogP contribution in [0.1, 0.15) is 15.9 Å². The number of aromatic nitrogens is 1. The second kappa shape index (κ2) is 5.77. The molecule has 1 aromatic heterocycles. The molecule has 0 bridgehead atoms. The summed E-state index contributed by atoms with van der Waals surface area (Å²) in [5.74, 6) is -1.21. The molecule has 0 amide bonds. The van der Waals surface area contributed by atoms with Gasteiger partial charge in [-0.25, -0.2) is 4.79 Å². The molecule has 0 saturated carbocycles. The van der Waals surface area contributed by atoms with Crippen LogP contribution in [0.5, 0.6) is 0 Å². The van der Waals surface area contributed by atoms with E-state index in [1.54, 1.807) is 10.6 Å². The minimum absolute atomic E-state index is 0.221. The maximum absolute atomic E-state index is 12.3. The molecule has 3 rings (SSSR count). The lowest BCUT2D eigenvalue weighted by Gasteiger charge is -2.12. The Morgan fingerprint density at radius 1 is 1.14 bits per heavy atom. The zero-order valence-electron chi connectivity index (χ0n) is 11.5. The molecular weight excluding hydrogens is 346 g/mol. The summed E-state index contributed by atoms with van der Waals surface area (Å²) in [6.45, 7) is 0.500. The van der Waals surface area contributed by atoms with E-state index < -0.39 is 11.4 Å². The van der Waals surface area contributed by atoms with Gasteiger partial charge in [0.05, 0.1) is 5.52 Å². The molecule has 0 aliphatic heterocycles. The molecule has 0 radical (unpaired) electrons. The van der Waals surface area contributed by atoms with Gasteiger partial charge in [0.25, 0.3) is 0 Å². The number of rotatable bonds is 3. The summed E-state index contributed by atoms with van der Waals surface area (Å²) in [5, 5.41) is 9.65. The number of halogens is 1. The van der Waals surface area contributed by atoms with Crippen LogP contribution in [0, 0.1) is 0 Å². The number of fused-ring (bicyclic) bond motifs is 1. The summed E-state index contributed by atoms with van der Waals surface area (Å²) in [7, 11) is 0. The van der Waals surface area contributed by atoms with Crippen molar-refractivity contribution in [1.29, 1.82) is 0 Å². The lowest BCUT2D eigenvalue weighted by molar-refractivity contribution is 0.0695. The molecule has 0 atom stereocenters. The first kappa shape index (κ1) is 14.5. The SMILES string of the molecule is O=C(O)c1cn(Cc2ccccc2)c2ccc(Br)cc2c1=O. The lowest BCUT2D eigenvalue weighted by Crippen LogP contribution is -2.19. The Labute approximate surface area is 134 Å². The number of aromatic carboxylic acids is 1. The minimum Gasteiger partial charge on any atom is -0.477 e. The van der Waals surface area contributed by atoms with Crippen molar-refractivity contribution >= 4 is 32.8 Å². The van der Waals surface area contributed by atoms with Crippen molar-refractivity contribution in [3.05, 3.63) is 80.6 Å². The highest BCUT2D eigenvalue weighted by Crippen LogP contribution is 2.19. The molecule has 2 aromatic carbocycles. The van der Waals surface area contributed by atoms with E-state index >= 15 is 0 Å². The molecule has 1 heterocycles. The molecule has 4 nitrogen and oxygen atoms in total. The molecule has 0 spiro atoms. The molecule has 0 fully saturated rings. The first-order chi connectivity index (χ1) is 10.6. The van der Waals surface area contributed by atoms with Gasteiger partial charge in [-0.3, -0.25) is 4.79 Å². The average Bonchev–Trinajstić information content (AvgIpc) is 2.51. The zero-order chi connectivity index (χ0) is 15.7. The number of benzene rings is 2. The Hall–Kier alpha value is -2.40. The van der Waals surface area contributed by atoms with E-state index in [2.05, 4.69) is 15.9 Å². The molecule has 0 unspecified atom stereocenters. The first-order valence-electron chi connectivity index (χ1n) is 6.66. The highest BCUT2D eigenvalue weighted by atomic mass is 79.9. The molecule has 110 valence electrons. The number of pyridine rings is 1. The van der Waals surface area contributed by atoms with Crippen LogP contribution in [0.25, 0.3) is 10.9 Å². The lowest BCUT2D eigenvalue weighted by atomic mass is 10.1. The van der Waals surface area contributed by atoms with Crippen LogP contribution in [0.2, 0.25) is 0 Å². The van der Waals surface area contributed by atoms with Gasteiger partial charge in [-0.15, -0.1) is 0 Å². The standard InChI is InChI=1S/C17H12BrNO3/c18-12-6-7-15-13(8-12)16(20)14(17(21)22)10-19(15)9-11-4-2-1-3-5-11/h1-8,10H,9H2,(H,21,22). The summed E-state index contributed by atoms with van der Waals surface area (Å²) in [6.07, 6.45) is 1.41. The van der Waals surface area contributed by atoms with Gasteiger partial charge >= 0.3 is 5.97 Å². The van der Waals surface area contributed by atoms with Crippen molar-refractivity contribution in [2.75, 3.05) is 0 Å². The van der Waals surface area contributed by atoms with E-state index in [0.717, 1.165) is 10.0 Å². The van der Waals surface area contributed by atoms with Crippen LogP contribution in [0.15, 0.2) is 64.0 Å². The second-order valence-corrected chi connectivity index (χ2v) is 5.87. The van der Waals surface area contributed by atoms with Crippen LogP contribution in [0.3, 0.4) is 0 Å². The van der Waals surface area contributed by atoms with Crippen LogP contribution in [0.4, 0.5) is 0 Å². The van der Waals surface area contributed by atoms with E-state index in [-0.39, 0.29) is 5.56 Å². The fourth-order valence-corrected chi connectivity index (χ4v) is 2.79. The highest BCUT2D eigenvalue weighted by Gasteiger charge is 2.14. The third-order valence-electron chi connectivity index (χ3n) is 3.47. The number of hydrogen-bond donors (Lipinski definition) is 1. The molecule has 3 aromatic rings. The predicted molar refractivity (Wildman–Crippen MR) is 88.4 cm³/mol. The van der Waals surface area contributed by atoms with Crippen LogP contribution >= 0.6 is 15.9 Å². The third-order valence-corrected chi connectivity index (χ3v) is 3.96. The molecule has 0 saturated heterocycles. The average molecular weight is 358 g/mol. The Balaban J connectivity index is 2.26. The fourth-order valence-electron chi connectivity index (χ4n) is 2.43. The summed E-state index contributed by atoms with van der Waals surface area (Å²) >= 11 is 3.32. The van der Waals surface area contributed by atoms with Crippen molar-refractivity contribution in [3.63, 3.8) is 0 Å². The molecular formula is C17H12BrNO3. The van der Waals surface area contributed by atoms with Gasteiger partial charge in [0, 0.05) is 22.6 Å². The minimum atomic E-state index is -1.21. The van der Waals surface area contributed by atoms with Gasteiger partial charge in [0.1, 0.15) is 5.56 Å². The summed E-state index contributed by atoms with van der Waals surface area (Å²) < 4.78 is 2.54. The molecule has 0 aliphatic rings. The summed E-state index contributed by atoms with van der Waals surface area (Å²) in [4.78, 5) is 23.6. The number of carboxylic acids is 1. The van der Waals surface area contributed by atoms with Gasteiger partial charge < -0.3 is 9.67 Å². The van der Waals surface area contributed by atoms with E-state index in [0.29, 0.717) is 17.4 Å². The summed E-state index contributed by atoms with van der Waals surface area (Å²) in [6, 6.07) is 15.0. The quantitative estimate of drug-likeness (QED) is 0.780. The van der Waals surface area contributed by atoms with E-state index in [9.17, 15) is 14.7 Å². The largest absolute Gasteiger partial charge is 0.477 e. The van der Waals surface area contributed by atoms with Crippen LogP contribution in [-0.4, -0.2) is 15.6 Å². The smallest absolute Gasteiger partial charge is 0.341 e. The monoisotopic (exact) mass is 357 g/mol. The zero-order valence-corrected chi connectivity index (χ0v) is 13.1. The number of hydrogen-bond acceptors (Lipinski definition) is 2. The Morgan fingerprint density at radius 3 is 2.55 bits per heavy atom. The first-order valence-corrected chi connectivity index (χ1v) is 7.45. The van der Waals surface area contributed by atoms with Crippen molar-refractivity contribution in [3.8, 4) is 0 Å². The summed E-state index contributed by atoms with van der Waals surface area (Å²) in [5.41, 5.74) is 1.06. The van der Waals surface area contributed by atoms with Crippen molar-refractivity contribution < 1.29 is 9.90 Å². The fraction of sp³-hybridized carbons (Fsp3) is 0.0588. The van der Waals surface area contributed by atoms with Crippen LogP contribution < -0.4 is 5.43 Å². The van der Waals surface area contributed by atoms with E-state index in [1.165, 1.54) is 6.20 Å².